The Bertz CT molecular complexity index is 332. The van der Waals surface area contributed by atoms with Gasteiger partial charge in [-0.15, -0.1) is 0 Å². The van der Waals surface area contributed by atoms with E-state index in [1.165, 1.54) is 0 Å². The van der Waals surface area contributed by atoms with Gasteiger partial charge in [0.2, 0.25) is 0 Å². The molecular weight excluding hydrogens is 128 g/mol. The summed E-state index contributed by atoms with van der Waals surface area (Å²) in [6.45, 7) is 0. The predicted octanol–water partition coefficient (Wildman–Crippen LogP) is 0.309. The topological polar surface area (TPSA) is 34.3 Å². The Morgan fingerprint density at radius 2 is 2.40 bits per heavy atom. The predicted molar refractivity (Wildman–Crippen MR) is 38.5 cm³/mol. The van der Waals surface area contributed by atoms with E-state index in [2.05, 4.69) is 10.4 Å². The number of fused-ring (bicyclic) bond motifs is 1. The van der Waals surface area contributed by atoms with E-state index in [0.29, 0.717) is 0 Å². The first-order valence-corrected chi connectivity index (χ1v) is 3.10. The highest BCUT2D eigenvalue weighted by atomic mass is 15.6. The van der Waals surface area contributed by atoms with Gasteiger partial charge in [0.1, 0.15) is 0 Å². The van der Waals surface area contributed by atoms with E-state index in [4.69, 9.17) is 0 Å². The summed E-state index contributed by atoms with van der Waals surface area (Å²) < 4.78 is 1.92. The number of hydrogen-bond donors (Lipinski definition) is 1. The van der Waals surface area contributed by atoms with Gasteiger partial charge in [0, 0.05) is 31.7 Å². The Morgan fingerprint density at radius 3 is 3.20 bits per heavy atom. The molecule has 0 aliphatic carbocycles. The van der Waals surface area contributed by atoms with Gasteiger partial charge in [0.25, 0.3) is 0 Å². The fourth-order valence-corrected chi connectivity index (χ4v) is 1.00. The minimum absolute atomic E-state index is 0.953. The van der Waals surface area contributed by atoms with Crippen LogP contribution >= 0.6 is 0 Å². The van der Waals surface area contributed by atoms with Crippen molar-refractivity contribution in [1.82, 2.24) is 14.3 Å². The average molecular weight is 136 g/mol. The van der Waals surface area contributed by atoms with E-state index >= 15 is 0 Å². The van der Waals surface area contributed by atoms with Crippen molar-refractivity contribution in [3.05, 3.63) is 24.7 Å². The summed E-state index contributed by atoms with van der Waals surface area (Å²) in [5.41, 5.74) is 3.93. The highest BCUT2D eigenvalue weighted by Crippen LogP contribution is 1.98. The van der Waals surface area contributed by atoms with Crippen molar-refractivity contribution in [1.29, 1.82) is 0 Å². The van der Waals surface area contributed by atoms with E-state index in [1.807, 2.05) is 34.8 Å². The van der Waals surface area contributed by atoms with Crippen LogP contribution in [0, 0.1) is 0 Å². The molecule has 2 aromatic heterocycles. The SMILES string of the molecule is CNn1ccc2nccn21. The number of nitrogens with one attached hydrogen (secondary N) is 1. The maximum Gasteiger partial charge on any atom is 0.154 e. The summed E-state index contributed by atoms with van der Waals surface area (Å²) in [5, 5.41) is 0. The Labute approximate surface area is 58.0 Å². The highest BCUT2D eigenvalue weighted by molar-refractivity contribution is 5.35. The number of rotatable bonds is 1. The van der Waals surface area contributed by atoms with Crippen LogP contribution in [0.2, 0.25) is 0 Å². The number of imidazole rings is 1. The summed E-state index contributed by atoms with van der Waals surface area (Å²) in [5.74, 6) is 0. The second-order valence-corrected chi connectivity index (χ2v) is 2.01. The second-order valence-electron chi connectivity index (χ2n) is 2.01. The molecule has 0 radical (unpaired) electrons. The molecule has 0 aliphatic heterocycles. The lowest BCUT2D eigenvalue weighted by molar-refractivity contribution is 0.723. The van der Waals surface area contributed by atoms with Crippen LogP contribution in [-0.2, 0) is 0 Å². The number of nitrogens with zero attached hydrogens (tertiary/aromatic N) is 3. The van der Waals surface area contributed by atoms with Crippen LogP contribution in [0.15, 0.2) is 24.7 Å². The van der Waals surface area contributed by atoms with Crippen molar-refractivity contribution in [3.63, 3.8) is 0 Å². The molecule has 4 nitrogen and oxygen atoms in total. The van der Waals surface area contributed by atoms with Crippen molar-refractivity contribution >= 4 is 5.65 Å². The molecule has 2 rings (SSSR count). The molecule has 0 saturated heterocycles. The zero-order valence-corrected chi connectivity index (χ0v) is 5.65. The van der Waals surface area contributed by atoms with Gasteiger partial charge in [-0.05, 0) is 0 Å². The standard InChI is InChI=1S/C6H8N4/c1-7-10-4-2-6-8-3-5-9(6)10/h2-5,7H,1H3. The van der Waals surface area contributed by atoms with Crippen LogP contribution in [0.1, 0.15) is 0 Å². The van der Waals surface area contributed by atoms with Crippen molar-refractivity contribution < 1.29 is 0 Å². The van der Waals surface area contributed by atoms with Gasteiger partial charge in [-0.3, -0.25) is 0 Å². The monoisotopic (exact) mass is 136 g/mol. The number of aromatic nitrogens is 3. The van der Waals surface area contributed by atoms with Crippen LogP contribution in [0.4, 0.5) is 0 Å². The molecule has 0 atom stereocenters. The molecule has 0 aliphatic rings. The number of hydrogen-bond acceptors (Lipinski definition) is 2. The molecule has 0 spiro atoms. The second kappa shape index (κ2) is 1.76. The van der Waals surface area contributed by atoms with Crippen LogP contribution in [0.5, 0.6) is 0 Å². The Kier molecular flexibility index (Phi) is 0.943. The Hall–Kier alpha value is -1.45. The first-order valence-electron chi connectivity index (χ1n) is 3.10. The van der Waals surface area contributed by atoms with Crippen LogP contribution in [0.3, 0.4) is 0 Å². The summed E-state index contributed by atoms with van der Waals surface area (Å²) in [7, 11) is 1.86. The minimum Gasteiger partial charge on any atom is -0.314 e. The highest BCUT2D eigenvalue weighted by Gasteiger charge is 1.95. The quantitative estimate of drug-likeness (QED) is 0.612. The third kappa shape index (κ3) is 0.528. The first-order chi connectivity index (χ1) is 4.92. The fraction of sp³-hybridized carbons (Fsp3) is 0.167. The molecule has 0 fully saturated rings. The molecular formula is C6H8N4. The summed E-state index contributed by atoms with van der Waals surface area (Å²) in [6.07, 6.45) is 5.58. The largest absolute Gasteiger partial charge is 0.314 e. The van der Waals surface area contributed by atoms with Crippen molar-refractivity contribution in [3.8, 4) is 0 Å². The molecule has 52 valence electrons. The van der Waals surface area contributed by atoms with Gasteiger partial charge in [-0.1, -0.05) is 0 Å². The molecule has 2 heterocycles. The third-order valence-electron chi connectivity index (χ3n) is 1.48. The van der Waals surface area contributed by atoms with E-state index < -0.39 is 0 Å². The molecule has 4 heteroatoms. The molecule has 0 amide bonds. The van der Waals surface area contributed by atoms with Gasteiger partial charge >= 0.3 is 0 Å². The van der Waals surface area contributed by atoms with E-state index in [-0.39, 0.29) is 0 Å². The van der Waals surface area contributed by atoms with Crippen LogP contribution < -0.4 is 5.43 Å². The lowest BCUT2D eigenvalue weighted by Crippen LogP contribution is -2.12. The summed E-state index contributed by atoms with van der Waals surface area (Å²) in [4.78, 5) is 5.94. The van der Waals surface area contributed by atoms with Crippen LogP contribution in [-0.4, -0.2) is 21.3 Å². The van der Waals surface area contributed by atoms with E-state index in [0.717, 1.165) is 5.65 Å². The molecule has 10 heavy (non-hydrogen) atoms. The lowest BCUT2D eigenvalue weighted by Gasteiger charge is -2.00. The van der Waals surface area contributed by atoms with Gasteiger partial charge in [-0.2, -0.15) is 0 Å². The normalized spacial score (nSPS) is 10.5. The van der Waals surface area contributed by atoms with Gasteiger partial charge in [0.05, 0.1) is 0 Å². The average Bonchev–Trinajstić information content (AvgIpc) is 2.44. The third-order valence-corrected chi connectivity index (χ3v) is 1.48. The fourth-order valence-electron chi connectivity index (χ4n) is 1.00. The lowest BCUT2D eigenvalue weighted by atomic mass is 10.7. The van der Waals surface area contributed by atoms with Crippen molar-refractivity contribution in [2.24, 2.45) is 0 Å². The molecule has 0 bridgehead atoms. The van der Waals surface area contributed by atoms with Crippen LogP contribution in [0.25, 0.3) is 5.65 Å². The smallest absolute Gasteiger partial charge is 0.154 e. The zero-order chi connectivity index (χ0) is 6.97. The van der Waals surface area contributed by atoms with Crippen molar-refractivity contribution in [2.45, 2.75) is 0 Å². The molecule has 0 saturated carbocycles. The summed E-state index contributed by atoms with van der Waals surface area (Å²) >= 11 is 0. The maximum atomic E-state index is 4.09. The maximum absolute atomic E-state index is 4.09. The summed E-state index contributed by atoms with van der Waals surface area (Å²) in [6, 6.07) is 1.94. The van der Waals surface area contributed by atoms with E-state index in [1.54, 1.807) is 6.20 Å². The Morgan fingerprint density at radius 1 is 1.50 bits per heavy atom. The van der Waals surface area contributed by atoms with Gasteiger partial charge in [-0.25, -0.2) is 14.3 Å². The minimum atomic E-state index is 0.953. The Balaban J connectivity index is 2.76. The van der Waals surface area contributed by atoms with Gasteiger partial charge < -0.3 is 5.43 Å². The molecule has 0 unspecified atom stereocenters. The first kappa shape index (κ1) is 5.34. The molecule has 0 aromatic carbocycles. The molecule has 1 N–H and O–H groups in total. The van der Waals surface area contributed by atoms with Crippen molar-refractivity contribution in [2.75, 3.05) is 12.5 Å². The van der Waals surface area contributed by atoms with E-state index in [9.17, 15) is 0 Å². The molecule has 2 aromatic rings. The zero-order valence-electron chi connectivity index (χ0n) is 5.65. The van der Waals surface area contributed by atoms with Gasteiger partial charge in [0.15, 0.2) is 5.65 Å².